The van der Waals surface area contributed by atoms with Crippen LogP contribution in [0.1, 0.15) is 29.3 Å². The molecule has 1 aliphatic heterocycles. The number of benzene rings is 1. The highest BCUT2D eigenvalue weighted by Gasteiger charge is 2.24. The monoisotopic (exact) mass is 272 g/mol. The molecule has 0 radical (unpaired) electrons. The zero-order chi connectivity index (χ0) is 14.4. The Balaban J connectivity index is 2.08. The van der Waals surface area contributed by atoms with Crippen molar-refractivity contribution in [3.05, 3.63) is 35.4 Å². The van der Waals surface area contributed by atoms with Crippen LogP contribution in [0.5, 0.6) is 0 Å². The molecule has 1 saturated heterocycles. The van der Waals surface area contributed by atoms with Crippen LogP contribution in [0.15, 0.2) is 24.3 Å². The normalized spacial score (nSPS) is 19.0. The molecule has 0 aliphatic carbocycles. The van der Waals surface area contributed by atoms with Crippen LogP contribution >= 0.6 is 0 Å². The third-order valence-corrected chi connectivity index (χ3v) is 3.53. The summed E-state index contributed by atoms with van der Waals surface area (Å²) in [5.74, 6) is 6.02. The Morgan fingerprint density at radius 2 is 2.35 bits per heavy atom. The molecule has 1 aromatic carbocycles. The van der Waals surface area contributed by atoms with Crippen molar-refractivity contribution in [2.24, 2.45) is 11.7 Å². The Hall–Kier alpha value is -1.83. The summed E-state index contributed by atoms with van der Waals surface area (Å²) in [5, 5.41) is 3.04. The minimum Gasteiger partial charge on any atom is -0.381 e. The van der Waals surface area contributed by atoms with Crippen molar-refractivity contribution in [1.82, 2.24) is 5.32 Å². The van der Waals surface area contributed by atoms with Gasteiger partial charge in [0.05, 0.1) is 18.7 Å². The first-order valence-electron chi connectivity index (χ1n) is 6.89. The summed E-state index contributed by atoms with van der Waals surface area (Å²) in [7, 11) is 0. The summed E-state index contributed by atoms with van der Waals surface area (Å²) in [6.45, 7) is 3.80. The van der Waals surface area contributed by atoms with Gasteiger partial charge in [0.1, 0.15) is 0 Å². The highest BCUT2D eigenvalue weighted by molar-refractivity contribution is 5.96. The van der Waals surface area contributed by atoms with Gasteiger partial charge in [-0.05, 0) is 25.5 Å². The molecule has 106 valence electrons. The van der Waals surface area contributed by atoms with Crippen molar-refractivity contribution in [2.45, 2.75) is 19.4 Å². The molecule has 4 heteroatoms. The van der Waals surface area contributed by atoms with Crippen molar-refractivity contribution >= 4 is 5.91 Å². The molecule has 1 heterocycles. The quantitative estimate of drug-likeness (QED) is 0.811. The largest absolute Gasteiger partial charge is 0.381 e. The summed E-state index contributed by atoms with van der Waals surface area (Å²) < 4.78 is 5.35. The fourth-order valence-electron chi connectivity index (χ4n) is 2.29. The van der Waals surface area contributed by atoms with Crippen LogP contribution in [0, 0.1) is 17.8 Å². The fraction of sp³-hybridized carbons (Fsp3) is 0.438. The Labute approximate surface area is 119 Å². The number of amides is 1. The van der Waals surface area contributed by atoms with E-state index in [1.807, 2.05) is 25.1 Å². The average Bonchev–Trinajstić information content (AvgIpc) is 2.99. The zero-order valence-corrected chi connectivity index (χ0v) is 11.7. The minimum atomic E-state index is -0.0914. The first-order valence-corrected chi connectivity index (χ1v) is 6.89. The minimum absolute atomic E-state index is 0.0914. The van der Waals surface area contributed by atoms with Crippen LogP contribution in [0.2, 0.25) is 0 Å². The molecule has 1 aliphatic rings. The summed E-state index contributed by atoms with van der Waals surface area (Å²) in [6.07, 6.45) is 0.996. The average molecular weight is 272 g/mol. The molecule has 3 N–H and O–H groups in total. The van der Waals surface area contributed by atoms with Crippen LogP contribution in [-0.2, 0) is 4.74 Å². The maximum absolute atomic E-state index is 12.3. The number of nitrogens with two attached hydrogens (primary N) is 1. The molecule has 0 bridgehead atoms. The lowest BCUT2D eigenvalue weighted by Gasteiger charge is -2.19. The Morgan fingerprint density at radius 3 is 3.05 bits per heavy atom. The molecular weight excluding hydrogens is 252 g/mol. The van der Waals surface area contributed by atoms with Crippen molar-refractivity contribution in [1.29, 1.82) is 0 Å². The Bertz CT molecular complexity index is 525. The summed E-state index contributed by atoms with van der Waals surface area (Å²) in [5.41, 5.74) is 6.69. The van der Waals surface area contributed by atoms with Crippen molar-refractivity contribution in [3.8, 4) is 11.8 Å². The van der Waals surface area contributed by atoms with Gasteiger partial charge in [-0.2, -0.15) is 0 Å². The van der Waals surface area contributed by atoms with Gasteiger partial charge < -0.3 is 15.8 Å². The second kappa shape index (κ2) is 7.09. The van der Waals surface area contributed by atoms with Gasteiger partial charge in [0.2, 0.25) is 0 Å². The van der Waals surface area contributed by atoms with E-state index in [0.29, 0.717) is 17.0 Å². The van der Waals surface area contributed by atoms with E-state index in [4.69, 9.17) is 10.5 Å². The molecule has 4 nitrogen and oxygen atoms in total. The van der Waals surface area contributed by atoms with Gasteiger partial charge in [0, 0.05) is 24.1 Å². The second-order valence-electron chi connectivity index (χ2n) is 4.94. The predicted molar refractivity (Wildman–Crippen MR) is 78.2 cm³/mol. The molecule has 0 aromatic heterocycles. The number of ether oxygens (including phenoxy) is 1. The van der Waals surface area contributed by atoms with Crippen molar-refractivity contribution in [3.63, 3.8) is 0 Å². The number of hydrogen-bond acceptors (Lipinski definition) is 3. The highest BCUT2D eigenvalue weighted by Crippen LogP contribution is 2.17. The number of hydrogen-bond donors (Lipinski definition) is 2. The second-order valence-corrected chi connectivity index (χ2v) is 4.94. The van der Waals surface area contributed by atoms with Crippen molar-refractivity contribution < 1.29 is 9.53 Å². The van der Waals surface area contributed by atoms with E-state index >= 15 is 0 Å². The van der Waals surface area contributed by atoms with E-state index < -0.39 is 0 Å². The molecule has 2 rings (SSSR count). The third kappa shape index (κ3) is 3.60. The summed E-state index contributed by atoms with van der Waals surface area (Å²) in [4.78, 5) is 12.3. The van der Waals surface area contributed by atoms with Crippen LogP contribution in [-0.4, -0.2) is 31.7 Å². The van der Waals surface area contributed by atoms with E-state index in [1.54, 1.807) is 6.07 Å². The molecule has 1 amide bonds. The topological polar surface area (TPSA) is 64.4 Å². The van der Waals surface area contributed by atoms with Gasteiger partial charge in [-0.3, -0.25) is 4.79 Å². The lowest BCUT2D eigenvalue weighted by atomic mass is 9.99. The number of rotatable bonds is 3. The van der Waals surface area contributed by atoms with Crippen LogP contribution in [0.3, 0.4) is 0 Å². The number of carbonyl (C=O) groups is 1. The zero-order valence-electron chi connectivity index (χ0n) is 11.7. The molecule has 0 spiro atoms. The van der Waals surface area contributed by atoms with Gasteiger partial charge in [-0.15, -0.1) is 0 Å². The van der Waals surface area contributed by atoms with Gasteiger partial charge in [0.15, 0.2) is 0 Å². The molecule has 1 fully saturated rings. The smallest absolute Gasteiger partial charge is 0.252 e. The van der Waals surface area contributed by atoms with Crippen LogP contribution in [0.25, 0.3) is 0 Å². The number of carbonyl (C=O) groups excluding carboxylic acids is 1. The Kier molecular flexibility index (Phi) is 5.16. The van der Waals surface area contributed by atoms with Crippen LogP contribution in [0.4, 0.5) is 0 Å². The highest BCUT2D eigenvalue weighted by atomic mass is 16.5. The van der Waals surface area contributed by atoms with Gasteiger partial charge >= 0.3 is 0 Å². The maximum Gasteiger partial charge on any atom is 0.252 e. The summed E-state index contributed by atoms with van der Waals surface area (Å²) in [6, 6.07) is 7.42. The van der Waals surface area contributed by atoms with Crippen molar-refractivity contribution in [2.75, 3.05) is 19.8 Å². The molecule has 20 heavy (non-hydrogen) atoms. The maximum atomic E-state index is 12.3. The van der Waals surface area contributed by atoms with E-state index in [2.05, 4.69) is 17.2 Å². The van der Waals surface area contributed by atoms with Crippen LogP contribution < -0.4 is 11.1 Å². The van der Waals surface area contributed by atoms with E-state index in [9.17, 15) is 4.79 Å². The van der Waals surface area contributed by atoms with E-state index in [0.717, 1.165) is 19.6 Å². The number of nitrogens with one attached hydrogen (secondary N) is 1. The fourth-order valence-corrected chi connectivity index (χ4v) is 2.29. The van der Waals surface area contributed by atoms with Gasteiger partial charge in [-0.25, -0.2) is 0 Å². The third-order valence-electron chi connectivity index (χ3n) is 3.53. The first kappa shape index (κ1) is 14.6. The SMILES string of the molecule is CC(NC(=O)c1ccccc1C#CCN)C1CCOC1. The molecule has 2 atom stereocenters. The molecule has 1 aromatic rings. The lowest BCUT2D eigenvalue weighted by molar-refractivity contribution is 0.0922. The van der Waals surface area contributed by atoms with Gasteiger partial charge in [0.25, 0.3) is 5.91 Å². The Morgan fingerprint density at radius 1 is 1.55 bits per heavy atom. The molecule has 0 saturated carbocycles. The van der Waals surface area contributed by atoms with E-state index in [1.165, 1.54) is 0 Å². The van der Waals surface area contributed by atoms with Gasteiger partial charge in [-0.1, -0.05) is 24.0 Å². The molecule has 2 unspecified atom stereocenters. The standard InChI is InChI=1S/C16H20N2O2/c1-12(14-8-10-20-11-14)18-16(19)15-7-3-2-5-13(15)6-4-9-17/h2-3,5,7,12,14H,8-11,17H2,1H3,(H,18,19). The first-order chi connectivity index (χ1) is 9.72. The summed E-state index contributed by atoms with van der Waals surface area (Å²) >= 11 is 0. The lowest BCUT2D eigenvalue weighted by Crippen LogP contribution is -2.38. The van der Waals surface area contributed by atoms with E-state index in [-0.39, 0.29) is 18.5 Å². The molecular formula is C16H20N2O2. The predicted octanol–water partition coefficient (Wildman–Crippen LogP) is 1.15.